The molecule has 0 saturated carbocycles. The number of aliphatic hydroxyl groups is 1. The molecule has 0 aliphatic rings. The molecule has 0 spiro atoms. The minimum atomic E-state index is -0.604. The van der Waals surface area contributed by atoms with Crippen LogP contribution in [0.25, 0.3) is 0 Å². The highest BCUT2D eigenvalue weighted by Crippen LogP contribution is 2.17. The molecular formula is C17H21FN2O. The van der Waals surface area contributed by atoms with Crippen molar-refractivity contribution in [3.63, 3.8) is 0 Å². The van der Waals surface area contributed by atoms with E-state index in [0.717, 1.165) is 11.3 Å². The number of aliphatic hydroxyl groups excluding tert-OH is 1. The molecule has 0 saturated heterocycles. The molecular weight excluding hydrogens is 267 g/mol. The summed E-state index contributed by atoms with van der Waals surface area (Å²) in [5.41, 5.74) is 2.54. The number of halogens is 1. The Morgan fingerprint density at radius 2 is 1.76 bits per heavy atom. The zero-order chi connectivity index (χ0) is 15.2. The molecule has 0 aliphatic heterocycles. The van der Waals surface area contributed by atoms with Gasteiger partial charge in [0, 0.05) is 38.4 Å². The second kappa shape index (κ2) is 7.20. The summed E-state index contributed by atoms with van der Waals surface area (Å²) in [4.78, 5) is 2.01. The van der Waals surface area contributed by atoms with Gasteiger partial charge in [0.15, 0.2) is 0 Å². The summed E-state index contributed by atoms with van der Waals surface area (Å²) >= 11 is 0. The fraction of sp³-hybridized carbons (Fsp3) is 0.294. The van der Waals surface area contributed by atoms with Crippen LogP contribution in [0, 0.1) is 5.82 Å². The molecule has 2 N–H and O–H groups in total. The normalized spacial score (nSPS) is 12.2. The number of anilines is 1. The van der Waals surface area contributed by atoms with Gasteiger partial charge in [-0.2, -0.15) is 0 Å². The van der Waals surface area contributed by atoms with Gasteiger partial charge in [-0.15, -0.1) is 0 Å². The fourth-order valence-electron chi connectivity index (χ4n) is 2.10. The van der Waals surface area contributed by atoms with E-state index in [-0.39, 0.29) is 5.82 Å². The topological polar surface area (TPSA) is 35.5 Å². The average Bonchev–Trinajstić information content (AvgIpc) is 2.49. The molecule has 2 aromatic carbocycles. The zero-order valence-electron chi connectivity index (χ0n) is 12.4. The molecule has 0 fully saturated rings. The third-order valence-electron chi connectivity index (χ3n) is 3.41. The van der Waals surface area contributed by atoms with Crippen molar-refractivity contribution in [1.82, 2.24) is 5.32 Å². The maximum atomic E-state index is 13.4. The van der Waals surface area contributed by atoms with Crippen LogP contribution in [0.2, 0.25) is 0 Å². The van der Waals surface area contributed by atoms with Crippen LogP contribution in [0.5, 0.6) is 0 Å². The van der Waals surface area contributed by atoms with Gasteiger partial charge in [-0.1, -0.05) is 30.3 Å². The van der Waals surface area contributed by atoms with Crippen LogP contribution in [-0.4, -0.2) is 25.7 Å². The van der Waals surface area contributed by atoms with E-state index in [2.05, 4.69) is 5.32 Å². The Balaban J connectivity index is 1.87. The summed E-state index contributed by atoms with van der Waals surface area (Å²) in [6, 6.07) is 14.4. The quantitative estimate of drug-likeness (QED) is 0.858. The van der Waals surface area contributed by atoms with Crippen molar-refractivity contribution in [1.29, 1.82) is 0 Å². The van der Waals surface area contributed by atoms with Gasteiger partial charge in [0.1, 0.15) is 5.82 Å². The first kappa shape index (κ1) is 15.5. The highest BCUT2D eigenvalue weighted by Gasteiger charge is 2.08. The van der Waals surface area contributed by atoms with E-state index >= 15 is 0 Å². The molecule has 3 nitrogen and oxygen atoms in total. The molecule has 21 heavy (non-hydrogen) atoms. The highest BCUT2D eigenvalue weighted by molar-refractivity contribution is 5.46. The number of benzene rings is 2. The molecule has 1 atom stereocenters. The molecule has 0 aromatic heterocycles. The summed E-state index contributed by atoms with van der Waals surface area (Å²) < 4.78 is 13.4. The van der Waals surface area contributed by atoms with Crippen molar-refractivity contribution < 1.29 is 9.50 Å². The van der Waals surface area contributed by atoms with Crippen LogP contribution >= 0.6 is 0 Å². The van der Waals surface area contributed by atoms with Gasteiger partial charge >= 0.3 is 0 Å². The number of hydrogen-bond donors (Lipinski definition) is 2. The highest BCUT2D eigenvalue weighted by atomic mass is 19.1. The Kier molecular flexibility index (Phi) is 5.31. The van der Waals surface area contributed by atoms with Crippen LogP contribution in [0.3, 0.4) is 0 Å². The third-order valence-corrected chi connectivity index (χ3v) is 3.41. The van der Waals surface area contributed by atoms with Crippen LogP contribution in [0.15, 0.2) is 48.5 Å². The predicted octanol–water partition coefficient (Wildman–Crippen LogP) is 2.71. The van der Waals surface area contributed by atoms with Crippen LogP contribution < -0.4 is 10.2 Å². The van der Waals surface area contributed by atoms with Crippen molar-refractivity contribution in [3.8, 4) is 0 Å². The van der Waals surface area contributed by atoms with Crippen molar-refractivity contribution >= 4 is 5.69 Å². The molecule has 0 amide bonds. The largest absolute Gasteiger partial charge is 0.387 e. The third kappa shape index (κ3) is 4.28. The van der Waals surface area contributed by atoms with Crippen molar-refractivity contribution in [2.45, 2.75) is 12.6 Å². The van der Waals surface area contributed by atoms with E-state index in [0.29, 0.717) is 18.7 Å². The predicted molar refractivity (Wildman–Crippen MR) is 83.8 cm³/mol. The molecule has 0 radical (unpaired) electrons. The zero-order valence-corrected chi connectivity index (χ0v) is 12.4. The van der Waals surface area contributed by atoms with Crippen LogP contribution in [0.4, 0.5) is 10.1 Å². The average molecular weight is 288 g/mol. The molecule has 2 rings (SSSR count). The van der Waals surface area contributed by atoms with Gasteiger partial charge < -0.3 is 15.3 Å². The first-order chi connectivity index (χ1) is 10.1. The number of nitrogens with one attached hydrogen (secondary N) is 1. The summed E-state index contributed by atoms with van der Waals surface area (Å²) in [6.45, 7) is 0.787. The summed E-state index contributed by atoms with van der Waals surface area (Å²) in [6.07, 6.45) is -0.604. The maximum absolute atomic E-state index is 13.4. The minimum Gasteiger partial charge on any atom is -0.387 e. The second-order valence-corrected chi connectivity index (χ2v) is 5.22. The Morgan fingerprint density at radius 1 is 1.10 bits per heavy atom. The molecule has 0 aliphatic carbocycles. The lowest BCUT2D eigenvalue weighted by molar-refractivity contribution is 0.174. The maximum Gasteiger partial charge on any atom is 0.127 e. The van der Waals surface area contributed by atoms with E-state index in [9.17, 15) is 9.50 Å². The number of hydrogen-bond acceptors (Lipinski definition) is 3. The second-order valence-electron chi connectivity index (χ2n) is 5.22. The smallest absolute Gasteiger partial charge is 0.127 e. The standard InChI is InChI=1S/C17H21FN2O/c1-20(2)15-9-7-13(8-10-15)17(21)12-19-11-14-5-3-4-6-16(14)18/h3-10,17,19,21H,11-12H2,1-2H3. The van der Waals surface area contributed by atoms with Gasteiger partial charge in [-0.25, -0.2) is 4.39 Å². The number of rotatable bonds is 6. The molecule has 1 unspecified atom stereocenters. The Hall–Kier alpha value is -1.91. The monoisotopic (exact) mass is 288 g/mol. The first-order valence-corrected chi connectivity index (χ1v) is 6.97. The first-order valence-electron chi connectivity index (χ1n) is 6.97. The van der Waals surface area contributed by atoms with E-state index in [1.807, 2.05) is 43.3 Å². The van der Waals surface area contributed by atoms with Gasteiger partial charge in [0.05, 0.1) is 6.10 Å². The summed E-state index contributed by atoms with van der Waals surface area (Å²) in [5, 5.41) is 13.2. The number of nitrogens with zero attached hydrogens (tertiary/aromatic N) is 1. The Bertz CT molecular complexity index is 569. The SMILES string of the molecule is CN(C)c1ccc(C(O)CNCc2ccccc2F)cc1. The Morgan fingerprint density at radius 3 is 2.38 bits per heavy atom. The minimum absolute atomic E-state index is 0.227. The van der Waals surface area contributed by atoms with E-state index < -0.39 is 6.10 Å². The lowest BCUT2D eigenvalue weighted by Crippen LogP contribution is -2.21. The van der Waals surface area contributed by atoms with Crippen molar-refractivity contribution in [2.75, 3.05) is 25.5 Å². The van der Waals surface area contributed by atoms with Gasteiger partial charge in [-0.05, 0) is 23.8 Å². The van der Waals surface area contributed by atoms with Crippen molar-refractivity contribution in [3.05, 3.63) is 65.5 Å². The summed E-state index contributed by atoms with van der Waals surface area (Å²) in [5.74, 6) is -0.227. The lowest BCUT2D eigenvalue weighted by Gasteiger charge is -2.16. The molecule has 0 heterocycles. The van der Waals surface area contributed by atoms with Crippen LogP contribution in [-0.2, 0) is 6.54 Å². The fourth-order valence-corrected chi connectivity index (χ4v) is 2.10. The molecule has 112 valence electrons. The van der Waals surface area contributed by atoms with Gasteiger partial charge in [0.25, 0.3) is 0 Å². The van der Waals surface area contributed by atoms with E-state index in [1.165, 1.54) is 6.07 Å². The molecule has 0 bridgehead atoms. The van der Waals surface area contributed by atoms with E-state index in [1.54, 1.807) is 18.2 Å². The van der Waals surface area contributed by atoms with Crippen LogP contribution in [0.1, 0.15) is 17.2 Å². The summed E-state index contributed by atoms with van der Waals surface area (Å²) in [7, 11) is 3.95. The lowest BCUT2D eigenvalue weighted by atomic mass is 10.1. The van der Waals surface area contributed by atoms with Crippen molar-refractivity contribution in [2.24, 2.45) is 0 Å². The molecule has 4 heteroatoms. The molecule has 2 aromatic rings. The van der Waals surface area contributed by atoms with Gasteiger partial charge in [-0.3, -0.25) is 0 Å². The Labute approximate surface area is 125 Å². The van der Waals surface area contributed by atoms with E-state index in [4.69, 9.17) is 0 Å². The van der Waals surface area contributed by atoms with Gasteiger partial charge in [0.2, 0.25) is 0 Å².